The zero-order valence-corrected chi connectivity index (χ0v) is 28.1. The molecule has 5 atom stereocenters. The summed E-state index contributed by atoms with van der Waals surface area (Å²) in [5.74, 6) is -6.14. The molecule has 0 rings (SSSR count). The van der Waals surface area contributed by atoms with Crippen LogP contribution in [0.2, 0.25) is 0 Å². The Balaban J connectivity index is 4.10. The molecule has 0 aromatic heterocycles. The summed E-state index contributed by atoms with van der Waals surface area (Å²) in [6.07, 6.45) is 11.3. The highest BCUT2D eigenvalue weighted by Gasteiger charge is 2.31. The lowest BCUT2D eigenvalue weighted by Gasteiger charge is -2.20. The van der Waals surface area contributed by atoms with Crippen molar-refractivity contribution in [1.82, 2.24) is 0 Å². The van der Waals surface area contributed by atoms with Crippen molar-refractivity contribution < 1.29 is 57.6 Å². The minimum atomic E-state index is -1.48. The van der Waals surface area contributed by atoms with Crippen LogP contribution in [0.3, 0.4) is 0 Å². The van der Waals surface area contributed by atoms with Crippen LogP contribution < -0.4 is 0 Å². The van der Waals surface area contributed by atoms with E-state index >= 15 is 0 Å². The minimum Gasteiger partial charge on any atom is -0.479 e. The minimum absolute atomic E-state index is 0.175. The van der Waals surface area contributed by atoms with E-state index in [1.54, 1.807) is 0 Å². The molecule has 0 amide bonds. The molecule has 1 N–H and O–H groups in total. The first-order chi connectivity index (χ1) is 21.3. The molecular formula is C33H56O12. The van der Waals surface area contributed by atoms with Crippen molar-refractivity contribution in [2.24, 2.45) is 0 Å². The summed E-state index contributed by atoms with van der Waals surface area (Å²) in [6, 6.07) is 0. The third kappa shape index (κ3) is 21.2. The number of carbonyl (C=O) groups is 6. The molecule has 0 radical (unpaired) electrons. The average Bonchev–Trinajstić information content (AvgIpc) is 2.98. The van der Waals surface area contributed by atoms with Crippen molar-refractivity contribution in [2.75, 3.05) is 0 Å². The highest BCUT2D eigenvalue weighted by Crippen LogP contribution is 2.14. The van der Waals surface area contributed by atoms with E-state index in [2.05, 4.69) is 11.7 Å². The van der Waals surface area contributed by atoms with Crippen molar-refractivity contribution in [1.29, 1.82) is 0 Å². The van der Waals surface area contributed by atoms with Crippen LogP contribution in [0.25, 0.3) is 0 Å². The first-order valence-electron chi connectivity index (χ1n) is 16.5. The highest BCUT2D eigenvalue weighted by atomic mass is 16.6. The molecule has 0 aromatic rings. The lowest BCUT2D eigenvalue weighted by atomic mass is 10.0. The fourth-order valence-corrected chi connectivity index (χ4v) is 4.22. The van der Waals surface area contributed by atoms with E-state index in [1.807, 2.05) is 0 Å². The van der Waals surface area contributed by atoms with Gasteiger partial charge in [-0.1, -0.05) is 96.8 Å². The van der Waals surface area contributed by atoms with E-state index < -0.39 is 66.3 Å². The monoisotopic (exact) mass is 644 g/mol. The predicted molar refractivity (Wildman–Crippen MR) is 165 cm³/mol. The smallest absolute Gasteiger partial charge is 0.347 e. The summed E-state index contributed by atoms with van der Waals surface area (Å²) < 4.78 is 24.5. The van der Waals surface area contributed by atoms with Gasteiger partial charge in [0.15, 0.2) is 30.5 Å². The molecular weight excluding hydrogens is 588 g/mol. The van der Waals surface area contributed by atoms with Gasteiger partial charge >= 0.3 is 35.8 Å². The van der Waals surface area contributed by atoms with Crippen LogP contribution in [-0.4, -0.2) is 71.4 Å². The molecule has 0 aliphatic rings. The standard InChI is InChI=1S/C33H56O12/c1-7-8-9-10-11-12-13-14-15-16-17-18-19-20-21-22-28(34)41-24(3)30(37)43-26(5)32(39)45-27(6)33(40)44-25(4)31(38)42-23(2)29(35)36/h23-27H,7-22H2,1-6H3,(H,35,36)/t23-,24-,25-,26-,27-/m0/s1. The molecule has 0 aromatic carbocycles. The van der Waals surface area contributed by atoms with Gasteiger partial charge in [-0.05, 0) is 41.0 Å². The first kappa shape index (κ1) is 41.8. The van der Waals surface area contributed by atoms with E-state index in [-0.39, 0.29) is 6.42 Å². The third-order valence-corrected chi connectivity index (χ3v) is 7.14. The molecule has 0 bridgehead atoms. The van der Waals surface area contributed by atoms with Crippen LogP contribution in [0.5, 0.6) is 0 Å². The number of carboxylic acids is 1. The fraction of sp³-hybridized carbons (Fsp3) is 0.818. The van der Waals surface area contributed by atoms with Gasteiger partial charge < -0.3 is 28.8 Å². The van der Waals surface area contributed by atoms with E-state index in [0.29, 0.717) is 6.42 Å². The van der Waals surface area contributed by atoms with Gasteiger partial charge in [0, 0.05) is 6.42 Å². The van der Waals surface area contributed by atoms with Gasteiger partial charge in [0.2, 0.25) is 0 Å². The number of hydrogen-bond acceptors (Lipinski definition) is 11. The molecule has 0 heterocycles. The Kier molecular flexibility index (Phi) is 23.3. The van der Waals surface area contributed by atoms with Crippen LogP contribution >= 0.6 is 0 Å². The van der Waals surface area contributed by atoms with Gasteiger partial charge in [0.1, 0.15) is 0 Å². The molecule has 0 spiro atoms. The molecule has 0 aliphatic heterocycles. The Bertz CT molecular complexity index is 902. The van der Waals surface area contributed by atoms with Crippen LogP contribution in [0, 0.1) is 0 Å². The number of hydrogen-bond donors (Lipinski definition) is 1. The summed E-state index contributed by atoms with van der Waals surface area (Å²) in [4.78, 5) is 71.4. The second kappa shape index (κ2) is 25.1. The number of carboxylic acid groups (broad SMARTS) is 1. The molecule has 12 nitrogen and oxygen atoms in total. The van der Waals surface area contributed by atoms with Gasteiger partial charge in [-0.15, -0.1) is 0 Å². The lowest BCUT2D eigenvalue weighted by Crippen LogP contribution is -2.38. The second-order valence-corrected chi connectivity index (χ2v) is 11.5. The van der Waals surface area contributed by atoms with Crippen molar-refractivity contribution >= 4 is 35.8 Å². The Morgan fingerprint density at radius 1 is 0.422 bits per heavy atom. The Morgan fingerprint density at radius 2 is 0.689 bits per heavy atom. The molecule has 0 saturated heterocycles. The first-order valence-corrected chi connectivity index (χ1v) is 16.5. The number of aliphatic carboxylic acids is 1. The van der Waals surface area contributed by atoms with Crippen LogP contribution in [-0.2, 0) is 52.5 Å². The van der Waals surface area contributed by atoms with E-state index in [1.165, 1.54) is 91.4 Å². The molecule has 0 unspecified atom stereocenters. The second-order valence-electron chi connectivity index (χ2n) is 11.5. The summed E-state index contributed by atoms with van der Waals surface area (Å²) in [5.41, 5.74) is 0. The van der Waals surface area contributed by atoms with Crippen LogP contribution in [0.1, 0.15) is 144 Å². The quantitative estimate of drug-likeness (QED) is 0.0664. The maximum Gasteiger partial charge on any atom is 0.347 e. The Hall–Kier alpha value is -3.18. The predicted octanol–water partition coefficient (Wildman–Crippen LogP) is 5.99. The normalized spacial score (nSPS) is 14.3. The molecule has 0 aliphatic carbocycles. The number of ether oxygens (including phenoxy) is 5. The third-order valence-electron chi connectivity index (χ3n) is 7.14. The molecule has 0 saturated carbocycles. The fourth-order valence-electron chi connectivity index (χ4n) is 4.22. The lowest BCUT2D eigenvalue weighted by molar-refractivity contribution is -0.186. The number of rotatable bonds is 26. The van der Waals surface area contributed by atoms with Crippen molar-refractivity contribution in [3.05, 3.63) is 0 Å². The van der Waals surface area contributed by atoms with E-state index in [4.69, 9.17) is 24.1 Å². The molecule has 12 heteroatoms. The maximum absolute atomic E-state index is 12.3. The summed E-state index contributed by atoms with van der Waals surface area (Å²) in [6.45, 7) is 8.25. The molecule has 260 valence electrons. The summed E-state index contributed by atoms with van der Waals surface area (Å²) in [7, 11) is 0. The van der Waals surface area contributed by atoms with Gasteiger partial charge in [-0.25, -0.2) is 24.0 Å². The average molecular weight is 645 g/mol. The zero-order valence-electron chi connectivity index (χ0n) is 28.1. The van der Waals surface area contributed by atoms with Crippen LogP contribution in [0.15, 0.2) is 0 Å². The SMILES string of the molecule is CCCCCCCCCCCCCCCCCC(=O)O[C@@H](C)C(=O)O[C@@H](C)C(=O)O[C@@H](C)C(=O)O[C@@H](C)C(=O)O[C@@H](C)C(=O)O. The largest absolute Gasteiger partial charge is 0.479 e. The van der Waals surface area contributed by atoms with Crippen molar-refractivity contribution in [3.8, 4) is 0 Å². The van der Waals surface area contributed by atoms with Crippen molar-refractivity contribution in [3.63, 3.8) is 0 Å². The van der Waals surface area contributed by atoms with E-state index in [9.17, 15) is 28.8 Å². The number of esters is 5. The Labute approximate surface area is 268 Å². The summed E-state index contributed by atoms with van der Waals surface area (Å²) >= 11 is 0. The molecule has 45 heavy (non-hydrogen) atoms. The summed E-state index contributed by atoms with van der Waals surface area (Å²) in [5, 5.41) is 8.78. The van der Waals surface area contributed by atoms with Crippen LogP contribution in [0.4, 0.5) is 0 Å². The van der Waals surface area contributed by atoms with E-state index in [0.717, 1.165) is 33.1 Å². The van der Waals surface area contributed by atoms with Gasteiger partial charge in [0.25, 0.3) is 0 Å². The Morgan fingerprint density at radius 3 is 1.00 bits per heavy atom. The van der Waals surface area contributed by atoms with Gasteiger partial charge in [-0.3, -0.25) is 4.79 Å². The zero-order chi connectivity index (χ0) is 34.2. The maximum atomic E-state index is 12.3. The highest BCUT2D eigenvalue weighted by molar-refractivity contribution is 5.86. The number of unbranched alkanes of at least 4 members (excludes halogenated alkanes) is 14. The topological polar surface area (TPSA) is 169 Å². The van der Waals surface area contributed by atoms with Crippen molar-refractivity contribution in [2.45, 2.75) is 175 Å². The van der Waals surface area contributed by atoms with Gasteiger partial charge in [-0.2, -0.15) is 0 Å². The number of carbonyl (C=O) groups excluding carboxylic acids is 5. The van der Waals surface area contributed by atoms with Gasteiger partial charge in [0.05, 0.1) is 0 Å². The molecule has 0 fully saturated rings.